The third kappa shape index (κ3) is 5.98. The molecule has 0 aliphatic rings. The summed E-state index contributed by atoms with van der Waals surface area (Å²) in [6.45, 7) is 0.352. The number of amides is 1. The first-order valence-electron chi connectivity index (χ1n) is 9.57. The van der Waals surface area contributed by atoms with E-state index < -0.39 is 15.8 Å². The van der Waals surface area contributed by atoms with Gasteiger partial charge in [0.05, 0.1) is 4.90 Å². The lowest BCUT2D eigenvalue weighted by Gasteiger charge is -2.19. The molecule has 0 spiro atoms. The van der Waals surface area contributed by atoms with E-state index in [2.05, 4.69) is 10.0 Å². The van der Waals surface area contributed by atoms with Crippen molar-refractivity contribution in [2.75, 3.05) is 13.1 Å². The lowest BCUT2D eigenvalue weighted by molar-refractivity contribution is -0.120. The van der Waals surface area contributed by atoms with Crippen LogP contribution in [0.15, 0.2) is 89.8 Å². The summed E-state index contributed by atoms with van der Waals surface area (Å²) in [6.07, 6.45) is -0.00325. The summed E-state index contributed by atoms with van der Waals surface area (Å²) in [5.74, 6) is -0.777. The van der Waals surface area contributed by atoms with Gasteiger partial charge in [0.1, 0.15) is 5.82 Å². The van der Waals surface area contributed by atoms with Crippen LogP contribution < -0.4 is 10.0 Å². The maximum atomic E-state index is 13.0. The number of hydrogen-bond donors (Lipinski definition) is 2. The summed E-state index contributed by atoms with van der Waals surface area (Å²) < 4.78 is 39.7. The number of carbonyl (C=O) groups excluding carboxylic acids is 1. The smallest absolute Gasteiger partial charge is 0.240 e. The van der Waals surface area contributed by atoms with Crippen LogP contribution in [0.2, 0.25) is 0 Å². The summed E-state index contributed by atoms with van der Waals surface area (Å²) in [4.78, 5) is 12.2. The molecule has 5 nitrogen and oxygen atoms in total. The van der Waals surface area contributed by atoms with Crippen LogP contribution in [0.5, 0.6) is 0 Å². The highest BCUT2D eigenvalue weighted by molar-refractivity contribution is 7.89. The van der Waals surface area contributed by atoms with Gasteiger partial charge in [-0.2, -0.15) is 0 Å². The van der Waals surface area contributed by atoms with Gasteiger partial charge in [-0.1, -0.05) is 60.7 Å². The van der Waals surface area contributed by atoms with Crippen LogP contribution in [0.4, 0.5) is 4.39 Å². The molecular formula is C23H23FN2O3S. The van der Waals surface area contributed by atoms with Crippen LogP contribution in [-0.2, 0) is 14.8 Å². The molecule has 0 aliphatic heterocycles. The molecule has 7 heteroatoms. The summed E-state index contributed by atoms with van der Waals surface area (Å²) >= 11 is 0. The fourth-order valence-electron chi connectivity index (χ4n) is 3.10. The van der Waals surface area contributed by atoms with Gasteiger partial charge < -0.3 is 5.32 Å². The van der Waals surface area contributed by atoms with Crippen molar-refractivity contribution in [1.29, 1.82) is 0 Å². The zero-order valence-corrected chi connectivity index (χ0v) is 17.1. The molecule has 0 radical (unpaired) electrons. The first kappa shape index (κ1) is 21.7. The molecule has 0 bridgehead atoms. The Balaban J connectivity index is 1.55. The largest absolute Gasteiger partial charge is 0.355 e. The topological polar surface area (TPSA) is 75.3 Å². The fourth-order valence-corrected chi connectivity index (χ4v) is 4.13. The SMILES string of the molecule is O=C(CCNS(=O)(=O)c1ccc(F)cc1)NCC(c1ccccc1)c1ccccc1. The van der Waals surface area contributed by atoms with E-state index in [1.165, 1.54) is 12.1 Å². The van der Waals surface area contributed by atoms with Gasteiger partial charge in [-0.05, 0) is 35.4 Å². The van der Waals surface area contributed by atoms with Crippen molar-refractivity contribution < 1.29 is 17.6 Å². The maximum Gasteiger partial charge on any atom is 0.240 e. The van der Waals surface area contributed by atoms with Crippen molar-refractivity contribution in [2.24, 2.45) is 0 Å². The Morgan fingerprint density at radius 1 is 0.833 bits per heavy atom. The van der Waals surface area contributed by atoms with E-state index in [0.29, 0.717) is 6.54 Å². The van der Waals surface area contributed by atoms with Crippen LogP contribution in [0.1, 0.15) is 23.5 Å². The van der Waals surface area contributed by atoms with Crippen LogP contribution in [0.25, 0.3) is 0 Å². The zero-order valence-electron chi connectivity index (χ0n) is 16.3. The van der Waals surface area contributed by atoms with Crippen molar-refractivity contribution >= 4 is 15.9 Å². The third-order valence-electron chi connectivity index (χ3n) is 4.68. The highest BCUT2D eigenvalue weighted by Crippen LogP contribution is 2.23. The molecule has 0 saturated carbocycles. The van der Waals surface area contributed by atoms with Gasteiger partial charge in [0, 0.05) is 25.4 Å². The molecule has 0 unspecified atom stereocenters. The number of halogens is 1. The quantitative estimate of drug-likeness (QED) is 0.550. The van der Waals surface area contributed by atoms with E-state index in [9.17, 15) is 17.6 Å². The Hall–Kier alpha value is -3.03. The van der Waals surface area contributed by atoms with E-state index in [4.69, 9.17) is 0 Å². The van der Waals surface area contributed by atoms with E-state index in [0.717, 1.165) is 23.3 Å². The lowest BCUT2D eigenvalue weighted by Crippen LogP contribution is -2.33. The number of nitrogens with one attached hydrogen (secondary N) is 2. The second-order valence-electron chi connectivity index (χ2n) is 6.78. The van der Waals surface area contributed by atoms with Crippen LogP contribution >= 0.6 is 0 Å². The number of carbonyl (C=O) groups is 1. The average molecular weight is 427 g/mol. The van der Waals surface area contributed by atoms with E-state index in [-0.39, 0.29) is 29.7 Å². The molecule has 3 aromatic rings. The van der Waals surface area contributed by atoms with Crippen LogP contribution in [-0.4, -0.2) is 27.4 Å². The summed E-state index contributed by atoms with van der Waals surface area (Å²) in [5.41, 5.74) is 2.17. The van der Waals surface area contributed by atoms with Crippen molar-refractivity contribution in [3.8, 4) is 0 Å². The monoisotopic (exact) mass is 426 g/mol. The molecule has 0 aliphatic carbocycles. The van der Waals surface area contributed by atoms with Gasteiger partial charge in [-0.15, -0.1) is 0 Å². The Morgan fingerprint density at radius 2 is 1.37 bits per heavy atom. The number of benzene rings is 3. The van der Waals surface area contributed by atoms with Gasteiger partial charge >= 0.3 is 0 Å². The normalized spacial score (nSPS) is 11.4. The third-order valence-corrected chi connectivity index (χ3v) is 6.15. The molecule has 0 saturated heterocycles. The van der Waals surface area contributed by atoms with Gasteiger partial charge in [0.25, 0.3) is 0 Å². The predicted molar refractivity (Wildman–Crippen MR) is 114 cm³/mol. The Bertz CT molecular complexity index is 1020. The first-order chi connectivity index (χ1) is 14.5. The molecule has 30 heavy (non-hydrogen) atoms. The molecule has 3 rings (SSSR count). The minimum absolute atomic E-state index is 0.00325. The molecule has 0 fully saturated rings. The molecule has 156 valence electrons. The van der Waals surface area contributed by atoms with Gasteiger partial charge in [0.15, 0.2) is 0 Å². The summed E-state index contributed by atoms with van der Waals surface area (Å²) in [7, 11) is -3.79. The molecule has 3 aromatic carbocycles. The lowest BCUT2D eigenvalue weighted by atomic mass is 9.91. The van der Waals surface area contributed by atoms with Crippen molar-refractivity contribution in [3.05, 3.63) is 102 Å². The first-order valence-corrected chi connectivity index (χ1v) is 11.1. The number of hydrogen-bond acceptors (Lipinski definition) is 3. The average Bonchev–Trinajstić information content (AvgIpc) is 2.75. The second kappa shape index (κ2) is 10.1. The summed E-state index contributed by atoms with van der Waals surface area (Å²) in [6, 6.07) is 24.3. The van der Waals surface area contributed by atoms with Gasteiger partial charge in [0.2, 0.25) is 15.9 Å². The van der Waals surface area contributed by atoms with E-state index in [1.807, 2.05) is 60.7 Å². The highest BCUT2D eigenvalue weighted by atomic mass is 32.2. The second-order valence-corrected chi connectivity index (χ2v) is 8.55. The van der Waals surface area contributed by atoms with E-state index >= 15 is 0 Å². The minimum Gasteiger partial charge on any atom is -0.355 e. The van der Waals surface area contributed by atoms with Crippen molar-refractivity contribution in [3.63, 3.8) is 0 Å². The minimum atomic E-state index is -3.79. The molecule has 2 N–H and O–H groups in total. The molecule has 0 atom stereocenters. The highest BCUT2D eigenvalue weighted by Gasteiger charge is 2.17. The zero-order chi connectivity index (χ0) is 21.4. The Labute approximate surface area is 176 Å². The Kier molecular flexibility index (Phi) is 7.32. The van der Waals surface area contributed by atoms with Crippen LogP contribution in [0, 0.1) is 5.82 Å². The molecule has 0 aromatic heterocycles. The Morgan fingerprint density at radius 3 is 1.90 bits per heavy atom. The predicted octanol–water partition coefficient (Wildman–Crippen LogP) is 3.44. The van der Waals surface area contributed by atoms with Crippen LogP contribution in [0.3, 0.4) is 0 Å². The maximum absolute atomic E-state index is 13.0. The van der Waals surface area contributed by atoms with Crippen molar-refractivity contribution in [2.45, 2.75) is 17.2 Å². The fraction of sp³-hybridized carbons (Fsp3) is 0.174. The van der Waals surface area contributed by atoms with E-state index in [1.54, 1.807) is 0 Å². The number of rotatable bonds is 9. The van der Waals surface area contributed by atoms with Gasteiger partial charge in [-0.25, -0.2) is 17.5 Å². The molecular weight excluding hydrogens is 403 g/mol. The summed E-state index contributed by atoms with van der Waals surface area (Å²) in [5, 5.41) is 2.89. The van der Waals surface area contributed by atoms with Gasteiger partial charge in [-0.3, -0.25) is 4.79 Å². The molecule has 0 heterocycles. The standard InChI is InChI=1S/C23H23FN2O3S/c24-20-11-13-21(14-12-20)30(28,29)26-16-15-23(27)25-17-22(18-7-3-1-4-8-18)19-9-5-2-6-10-19/h1-14,22,26H,15-17H2,(H,25,27). The van der Waals surface area contributed by atoms with Crippen molar-refractivity contribution in [1.82, 2.24) is 10.0 Å². The number of sulfonamides is 1. The molecule has 1 amide bonds.